The van der Waals surface area contributed by atoms with E-state index in [4.69, 9.17) is 0 Å². The van der Waals surface area contributed by atoms with E-state index in [2.05, 4.69) is 25.2 Å². The molecule has 0 aliphatic rings. The Labute approximate surface area is 124 Å². The van der Waals surface area contributed by atoms with Gasteiger partial charge in [0.1, 0.15) is 5.75 Å². The highest BCUT2D eigenvalue weighted by molar-refractivity contribution is 5.99. The molecule has 6 nitrogen and oxygen atoms in total. The summed E-state index contributed by atoms with van der Waals surface area (Å²) >= 11 is 0. The third-order valence-electron chi connectivity index (χ3n) is 2.70. The van der Waals surface area contributed by atoms with E-state index < -0.39 is 6.61 Å². The first-order valence-corrected chi connectivity index (χ1v) is 6.37. The normalized spacial score (nSPS) is 11.6. The number of alkyl halides is 2. The minimum Gasteiger partial charge on any atom is -0.435 e. The molecule has 2 N–H and O–H groups in total. The highest BCUT2D eigenvalue weighted by Crippen LogP contribution is 2.15. The fourth-order valence-electron chi connectivity index (χ4n) is 1.71. The standard InChI is InChI=1S/C14H14F2N4O2/c1-8-7-12(21)18-14(17-8)20-19-9(2)10-3-5-11(6-4-10)22-13(15)16/h3-7,13H,1-2H3,(H2,17,18,20,21)/b19-9+. The van der Waals surface area contributed by atoms with Crippen molar-refractivity contribution in [2.45, 2.75) is 20.5 Å². The molecule has 8 heteroatoms. The Kier molecular flexibility index (Phi) is 4.82. The highest BCUT2D eigenvalue weighted by atomic mass is 19.3. The number of ether oxygens (including phenoxy) is 1. The number of aromatic nitrogens is 2. The molecule has 1 aromatic heterocycles. The SMILES string of the molecule is C/C(=N\Nc1nc(C)cc(=O)[nH]1)c1ccc(OC(F)F)cc1. The summed E-state index contributed by atoms with van der Waals surface area (Å²) in [4.78, 5) is 17.9. The van der Waals surface area contributed by atoms with Gasteiger partial charge >= 0.3 is 6.61 Å². The van der Waals surface area contributed by atoms with Crippen molar-refractivity contribution < 1.29 is 13.5 Å². The number of hydrazone groups is 1. The molecule has 0 bridgehead atoms. The fourth-order valence-corrected chi connectivity index (χ4v) is 1.71. The van der Waals surface area contributed by atoms with Gasteiger partial charge in [-0.2, -0.15) is 13.9 Å². The Balaban J connectivity index is 2.09. The molecule has 0 aliphatic heterocycles. The van der Waals surface area contributed by atoms with Gasteiger partial charge in [-0.3, -0.25) is 9.78 Å². The Morgan fingerprint density at radius 2 is 2.05 bits per heavy atom. The molecule has 0 unspecified atom stereocenters. The third-order valence-corrected chi connectivity index (χ3v) is 2.70. The molecule has 0 saturated heterocycles. The van der Waals surface area contributed by atoms with E-state index in [1.54, 1.807) is 26.0 Å². The molecule has 0 radical (unpaired) electrons. The van der Waals surface area contributed by atoms with Gasteiger partial charge in [0.05, 0.1) is 5.71 Å². The predicted octanol–water partition coefficient (Wildman–Crippen LogP) is 2.52. The number of hydrogen-bond acceptors (Lipinski definition) is 5. The minimum absolute atomic E-state index is 0.0733. The van der Waals surface area contributed by atoms with Gasteiger partial charge in [0.2, 0.25) is 5.95 Å². The molecule has 0 fully saturated rings. The van der Waals surface area contributed by atoms with Crippen LogP contribution in [0.2, 0.25) is 0 Å². The van der Waals surface area contributed by atoms with Crippen LogP contribution in [0.4, 0.5) is 14.7 Å². The summed E-state index contributed by atoms with van der Waals surface area (Å²) in [5, 5.41) is 4.08. The second-order valence-electron chi connectivity index (χ2n) is 4.45. The monoisotopic (exact) mass is 308 g/mol. The number of halogens is 2. The van der Waals surface area contributed by atoms with Gasteiger partial charge in [0.25, 0.3) is 5.56 Å². The number of rotatable bonds is 5. The third kappa shape index (κ3) is 4.37. The molecule has 0 amide bonds. The van der Waals surface area contributed by atoms with Crippen LogP contribution in [0.5, 0.6) is 5.75 Å². The number of H-pyrrole nitrogens is 1. The molecule has 0 aliphatic carbocycles. The van der Waals surface area contributed by atoms with Crippen LogP contribution in [0.1, 0.15) is 18.2 Å². The van der Waals surface area contributed by atoms with Gasteiger partial charge in [-0.1, -0.05) is 0 Å². The molecular weight excluding hydrogens is 294 g/mol. The number of nitrogens with zero attached hydrogens (tertiary/aromatic N) is 2. The molecule has 1 heterocycles. The number of nitrogens with one attached hydrogen (secondary N) is 2. The first-order valence-electron chi connectivity index (χ1n) is 6.37. The van der Waals surface area contributed by atoms with Gasteiger partial charge in [-0.25, -0.2) is 10.4 Å². The average molecular weight is 308 g/mol. The Bertz CT molecular complexity index is 726. The zero-order valence-electron chi connectivity index (χ0n) is 11.9. The van der Waals surface area contributed by atoms with Crippen molar-refractivity contribution in [3.05, 3.63) is 51.9 Å². The Morgan fingerprint density at radius 1 is 1.36 bits per heavy atom. The second-order valence-corrected chi connectivity index (χ2v) is 4.45. The smallest absolute Gasteiger partial charge is 0.387 e. The molecule has 2 rings (SSSR count). The van der Waals surface area contributed by atoms with Crippen molar-refractivity contribution in [1.29, 1.82) is 0 Å². The maximum absolute atomic E-state index is 12.1. The molecule has 0 spiro atoms. The van der Waals surface area contributed by atoms with Crippen LogP contribution >= 0.6 is 0 Å². The van der Waals surface area contributed by atoms with E-state index >= 15 is 0 Å². The van der Waals surface area contributed by atoms with Crippen molar-refractivity contribution in [1.82, 2.24) is 9.97 Å². The maximum atomic E-state index is 12.1. The number of benzene rings is 1. The van der Waals surface area contributed by atoms with E-state index in [1.807, 2.05) is 0 Å². The lowest BCUT2D eigenvalue weighted by Crippen LogP contribution is -2.11. The van der Waals surface area contributed by atoms with Crippen LogP contribution in [0.15, 0.2) is 40.2 Å². The number of aromatic amines is 1. The molecule has 0 saturated carbocycles. The maximum Gasteiger partial charge on any atom is 0.387 e. The van der Waals surface area contributed by atoms with Crippen molar-refractivity contribution in [3.8, 4) is 5.75 Å². The first-order chi connectivity index (χ1) is 10.4. The van der Waals surface area contributed by atoms with Gasteiger partial charge in [-0.15, -0.1) is 0 Å². The summed E-state index contributed by atoms with van der Waals surface area (Å²) in [6.07, 6.45) is 0. The van der Waals surface area contributed by atoms with Crippen molar-refractivity contribution in [2.24, 2.45) is 5.10 Å². The predicted molar refractivity (Wildman–Crippen MR) is 78.5 cm³/mol. The molecule has 116 valence electrons. The highest BCUT2D eigenvalue weighted by Gasteiger charge is 2.05. The van der Waals surface area contributed by atoms with Gasteiger partial charge in [0.15, 0.2) is 0 Å². The van der Waals surface area contributed by atoms with Crippen LogP contribution in [0.25, 0.3) is 0 Å². The molecule has 22 heavy (non-hydrogen) atoms. The average Bonchev–Trinajstić information content (AvgIpc) is 2.44. The molecule has 2 aromatic rings. The molecule has 1 aromatic carbocycles. The van der Waals surface area contributed by atoms with Gasteiger partial charge < -0.3 is 4.74 Å². The quantitative estimate of drug-likeness (QED) is 0.657. The van der Waals surface area contributed by atoms with E-state index in [0.29, 0.717) is 17.0 Å². The molecular formula is C14H14F2N4O2. The summed E-state index contributed by atoms with van der Waals surface area (Å²) in [6.45, 7) is 0.564. The van der Waals surface area contributed by atoms with E-state index in [1.165, 1.54) is 18.2 Å². The second kappa shape index (κ2) is 6.79. The molecule has 0 atom stereocenters. The summed E-state index contributed by atoms with van der Waals surface area (Å²) in [5.74, 6) is 0.297. The van der Waals surface area contributed by atoms with Crippen molar-refractivity contribution in [3.63, 3.8) is 0 Å². The number of anilines is 1. The summed E-state index contributed by atoms with van der Waals surface area (Å²) < 4.78 is 28.4. The van der Waals surface area contributed by atoms with Crippen LogP contribution in [0, 0.1) is 6.92 Å². The zero-order valence-corrected chi connectivity index (χ0v) is 11.9. The Morgan fingerprint density at radius 3 is 2.64 bits per heavy atom. The minimum atomic E-state index is -2.86. The summed E-state index contributed by atoms with van der Waals surface area (Å²) in [6, 6.07) is 7.42. The summed E-state index contributed by atoms with van der Waals surface area (Å²) in [5.41, 5.74) is 4.23. The lowest BCUT2D eigenvalue weighted by Gasteiger charge is -2.06. The van der Waals surface area contributed by atoms with Crippen molar-refractivity contribution >= 4 is 11.7 Å². The van der Waals surface area contributed by atoms with E-state index in [9.17, 15) is 13.6 Å². The van der Waals surface area contributed by atoms with Gasteiger partial charge in [0, 0.05) is 11.8 Å². The lowest BCUT2D eigenvalue weighted by molar-refractivity contribution is -0.0498. The largest absolute Gasteiger partial charge is 0.435 e. The first kappa shape index (κ1) is 15.6. The number of hydrogen-bond donors (Lipinski definition) is 2. The van der Waals surface area contributed by atoms with Crippen LogP contribution < -0.4 is 15.7 Å². The topological polar surface area (TPSA) is 79.4 Å². The van der Waals surface area contributed by atoms with Crippen LogP contribution in [-0.4, -0.2) is 22.3 Å². The van der Waals surface area contributed by atoms with Crippen LogP contribution in [-0.2, 0) is 0 Å². The Hall–Kier alpha value is -2.77. The fraction of sp³-hybridized carbons (Fsp3) is 0.214. The van der Waals surface area contributed by atoms with Gasteiger partial charge in [-0.05, 0) is 43.7 Å². The lowest BCUT2D eigenvalue weighted by atomic mass is 10.1. The van der Waals surface area contributed by atoms with Crippen LogP contribution in [0.3, 0.4) is 0 Å². The number of aryl methyl sites for hydroxylation is 1. The van der Waals surface area contributed by atoms with Crippen molar-refractivity contribution in [2.75, 3.05) is 5.43 Å². The summed E-state index contributed by atoms with van der Waals surface area (Å²) in [7, 11) is 0. The van der Waals surface area contributed by atoms with E-state index in [-0.39, 0.29) is 17.3 Å². The zero-order chi connectivity index (χ0) is 16.1. The van der Waals surface area contributed by atoms with E-state index in [0.717, 1.165) is 0 Å².